The maximum atomic E-state index is 10.6. The summed E-state index contributed by atoms with van der Waals surface area (Å²) >= 11 is 0. The quantitative estimate of drug-likeness (QED) is 0.614. The highest BCUT2D eigenvalue weighted by Crippen LogP contribution is 2.23. The second kappa shape index (κ2) is 7.36. The van der Waals surface area contributed by atoms with Crippen molar-refractivity contribution in [3.63, 3.8) is 0 Å². The maximum absolute atomic E-state index is 10.6. The highest BCUT2D eigenvalue weighted by Gasteiger charge is 2.21. The lowest BCUT2D eigenvalue weighted by molar-refractivity contribution is -0.384. The van der Waals surface area contributed by atoms with E-state index in [0.717, 1.165) is 25.1 Å². The highest BCUT2D eigenvalue weighted by molar-refractivity contribution is 5.32. The fourth-order valence-electron chi connectivity index (χ4n) is 2.93. The predicted molar refractivity (Wildman–Crippen MR) is 77.7 cm³/mol. The molecule has 0 aliphatic heterocycles. The molecule has 20 heavy (non-hydrogen) atoms. The summed E-state index contributed by atoms with van der Waals surface area (Å²) in [5, 5.41) is 19.8. The van der Waals surface area contributed by atoms with Crippen molar-refractivity contribution in [2.75, 3.05) is 19.7 Å². The summed E-state index contributed by atoms with van der Waals surface area (Å²) in [6.45, 7) is 1.82. The molecule has 0 aromatic heterocycles. The van der Waals surface area contributed by atoms with Crippen molar-refractivity contribution in [1.82, 2.24) is 4.90 Å². The molecule has 0 bridgehead atoms. The molecule has 1 saturated carbocycles. The molecule has 0 unspecified atom stereocenters. The van der Waals surface area contributed by atoms with Gasteiger partial charge in [0.15, 0.2) is 0 Å². The van der Waals surface area contributed by atoms with Gasteiger partial charge in [-0.1, -0.05) is 25.0 Å². The van der Waals surface area contributed by atoms with Crippen LogP contribution in [0.15, 0.2) is 24.3 Å². The fourth-order valence-corrected chi connectivity index (χ4v) is 2.93. The van der Waals surface area contributed by atoms with E-state index in [0.29, 0.717) is 6.04 Å². The van der Waals surface area contributed by atoms with Gasteiger partial charge < -0.3 is 5.11 Å². The minimum absolute atomic E-state index is 0.136. The molecule has 0 radical (unpaired) electrons. The Bertz CT molecular complexity index is 427. The van der Waals surface area contributed by atoms with Crippen molar-refractivity contribution < 1.29 is 10.0 Å². The van der Waals surface area contributed by atoms with Gasteiger partial charge in [0.2, 0.25) is 0 Å². The summed E-state index contributed by atoms with van der Waals surface area (Å²) in [5.74, 6) is 0. The van der Waals surface area contributed by atoms with E-state index in [2.05, 4.69) is 4.90 Å². The fraction of sp³-hybridized carbons (Fsp3) is 0.600. The van der Waals surface area contributed by atoms with Gasteiger partial charge >= 0.3 is 0 Å². The molecular formula is C15H22N2O3. The molecular weight excluding hydrogens is 256 g/mol. The van der Waals surface area contributed by atoms with Gasteiger partial charge in [-0.05, 0) is 24.8 Å². The number of hydrogen-bond donors (Lipinski definition) is 1. The molecule has 1 aromatic carbocycles. The minimum Gasteiger partial charge on any atom is -0.395 e. The molecule has 2 rings (SSSR count). The lowest BCUT2D eigenvalue weighted by atomic mass is 10.1. The lowest BCUT2D eigenvalue weighted by Gasteiger charge is -2.28. The standard InChI is InChI=1S/C15H22N2O3/c18-12-11-16(14-3-1-2-4-14)10-9-13-5-7-15(8-6-13)17(19)20/h5-8,14,18H,1-4,9-12H2. The van der Waals surface area contributed by atoms with Gasteiger partial charge in [-0.3, -0.25) is 15.0 Å². The Labute approximate surface area is 119 Å². The van der Waals surface area contributed by atoms with Crippen molar-refractivity contribution in [3.8, 4) is 0 Å². The van der Waals surface area contributed by atoms with Crippen molar-refractivity contribution in [3.05, 3.63) is 39.9 Å². The van der Waals surface area contributed by atoms with Crippen molar-refractivity contribution in [1.29, 1.82) is 0 Å². The van der Waals surface area contributed by atoms with E-state index in [1.54, 1.807) is 12.1 Å². The zero-order valence-electron chi connectivity index (χ0n) is 11.7. The number of aliphatic hydroxyl groups excluding tert-OH is 1. The first-order chi connectivity index (χ1) is 9.70. The third-order valence-electron chi connectivity index (χ3n) is 4.06. The molecule has 1 N–H and O–H groups in total. The van der Waals surface area contributed by atoms with Gasteiger partial charge in [0, 0.05) is 31.3 Å². The molecule has 0 heterocycles. The number of hydrogen-bond acceptors (Lipinski definition) is 4. The molecule has 110 valence electrons. The van der Waals surface area contributed by atoms with Crippen LogP contribution in [0, 0.1) is 10.1 Å². The van der Waals surface area contributed by atoms with Gasteiger partial charge in [0.1, 0.15) is 0 Å². The Balaban J connectivity index is 1.89. The van der Waals surface area contributed by atoms with E-state index >= 15 is 0 Å². The Morgan fingerprint density at radius 3 is 2.40 bits per heavy atom. The third-order valence-corrected chi connectivity index (χ3v) is 4.06. The topological polar surface area (TPSA) is 66.6 Å². The van der Waals surface area contributed by atoms with Crippen LogP contribution in [-0.4, -0.2) is 40.7 Å². The number of rotatable bonds is 7. The van der Waals surface area contributed by atoms with Crippen molar-refractivity contribution >= 4 is 5.69 Å². The van der Waals surface area contributed by atoms with Crippen LogP contribution in [0.25, 0.3) is 0 Å². The molecule has 1 aromatic rings. The van der Waals surface area contributed by atoms with Crippen LogP contribution in [0.5, 0.6) is 0 Å². The first kappa shape index (κ1) is 14.9. The second-order valence-electron chi connectivity index (χ2n) is 5.37. The molecule has 0 atom stereocenters. The Kier molecular flexibility index (Phi) is 5.49. The smallest absolute Gasteiger partial charge is 0.269 e. The Morgan fingerprint density at radius 2 is 1.85 bits per heavy atom. The van der Waals surface area contributed by atoms with E-state index in [4.69, 9.17) is 0 Å². The number of benzene rings is 1. The molecule has 5 nitrogen and oxygen atoms in total. The van der Waals surface area contributed by atoms with Crippen LogP contribution in [0.4, 0.5) is 5.69 Å². The molecule has 0 saturated heterocycles. The number of non-ortho nitro benzene ring substituents is 1. The molecule has 0 spiro atoms. The summed E-state index contributed by atoms with van der Waals surface area (Å²) in [6, 6.07) is 7.36. The number of nitrogens with zero attached hydrogens (tertiary/aromatic N) is 2. The Hall–Kier alpha value is -1.46. The largest absolute Gasteiger partial charge is 0.395 e. The van der Waals surface area contributed by atoms with Gasteiger partial charge in [-0.15, -0.1) is 0 Å². The van der Waals surface area contributed by atoms with Gasteiger partial charge in [0.25, 0.3) is 5.69 Å². The van der Waals surface area contributed by atoms with Crippen LogP contribution in [-0.2, 0) is 6.42 Å². The van der Waals surface area contributed by atoms with Crippen LogP contribution in [0.1, 0.15) is 31.2 Å². The molecule has 0 amide bonds. The van der Waals surface area contributed by atoms with Crippen LogP contribution >= 0.6 is 0 Å². The molecule has 5 heteroatoms. The van der Waals surface area contributed by atoms with Crippen LogP contribution < -0.4 is 0 Å². The number of nitro groups is 1. The normalized spacial score (nSPS) is 15.9. The monoisotopic (exact) mass is 278 g/mol. The third kappa shape index (κ3) is 4.02. The zero-order valence-corrected chi connectivity index (χ0v) is 11.7. The Morgan fingerprint density at radius 1 is 1.20 bits per heavy atom. The first-order valence-electron chi connectivity index (χ1n) is 7.29. The summed E-state index contributed by atoms with van der Waals surface area (Å²) in [7, 11) is 0. The SMILES string of the molecule is O=[N+]([O-])c1ccc(CCN(CCO)C2CCCC2)cc1. The minimum atomic E-state index is -0.375. The average Bonchev–Trinajstić information content (AvgIpc) is 2.98. The van der Waals surface area contributed by atoms with Gasteiger partial charge in [0.05, 0.1) is 11.5 Å². The molecule has 1 aliphatic rings. The van der Waals surface area contributed by atoms with E-state index < -0.39 is 0 Å². The number of aliphatic hydroxyl groups is 1. The summed E-state index contributed by atoms with van der Waals surface area (Å²) in [6.07, 6.45) is 5.88. The summed E-state index contributed by atoms with van der Waals surface area (Å²) in [4.78, 5) is 12.6. The maximum Gasteiger partial charge on any atom is 0.269 e. The summed E-state index contributed by atoms with van der Waals surface area (Å²) < 4.78 is 0. The zero-order chi connectivity index (χ0) is 14.4. The number of nitro benzene ring substituents is 1. The van der Waals surface area contributed by atoms with Gasteiger partial charge in [-0.2, -0.15) is 0 Å². The van der Waals surface area contributed by atoms with Crippen LogP contribution in [0.3, 0.4) is 0 Å². The molecule has 1 aliphatic carbocycles. The first-order valence-corrected chi connectivity index (χ1v) is 7.29. The predicted octanol–water partition coefficient (Wildman–Crippen LogP) is 2.37. The van der Waals surface area contributed by atoms with Gasteiger partial charge in [-0.25, -0.2) is 0 Å². The van der Waals surface area contributed by atoms with Crippen molar-refractivity contribution in [2.24, 2.45) is 0 Å². The van der Waals surface area contributed by atoms with E-state index in [9.17, 15) is 15.2 Å². The average molecular weight is 278 g/mol. The lowest BCUT2D eigenvalue weighted by Crippen LogP contribution is -2.37. The van der Waals surface area contributed by atoms with E-state index in [-0.39, 0.29) is 17.2 Å². The highest BCUT2D eigenvalue weighted by atomic mass is 16.6. The van der Waals surface area contributed by atoms with E-state index in [1.807, 2.05) is 12.1 Å². The van der Waals surface area contributed by atoms with Crippen LogP contribution in [0.2, 0.25) is 0 Å². The molecule has 1 fully saturated rings. The van der Waals surface area contributed by atoms with E-state index in [1.165, 1.54) is 25.7 Å². The summed E-state index contributed by atoms with van der Waals surface area (Å²) in [5.41, 5.74) is 1.24. The van der Waals surface area contributed by atoms with Crippen molar-refractivity contribution in [2.45, 2.75) is 38.1 Å². The second-order valence-corrected chi connectivity index (χ2v) is 5.37.